The summed E-state index contributed by atoms with van der Waals surface area (Å²) in [4.78, 5) is 0. The molecule has 2 aromatic rings. The van der Waals surface area contributed by atoms with E-state index in [0.29, 0.717) is 11.1 Å². The minimum absolute atomic E-state index is 0.156. The van der Waals surface area contributed by atoms with E-state index in [2.05, 4.69) is 13.2 Å². The highest BCUT2D eigenvalue weighted by molar-refractivity contribution is 5.76. The number of rotatable bonds is 5. The van der Waals surface area contributed by atoms with Crippen molar-refractivity contribution < 1.29 is 10.2 Å². The smallest absolute Gasteiger partial charge is 0.123 e. The lowest BCUT2D eigenvalue weighted by Crippen LogP contribution is -1.88. The molecule has 24 heavy (non-hydrogen) atoms. The van der Waals surface area contributed by atoms with Crippen LogP contribution in [0.25, 0.3) is 11.1 Å². The number of hydrogen-bond donors (Lipinski definition) is 2. The van der Waals surface area contributed by atoms with Crippen LogP contribution in [0.2, 0.25) is 0 Å². The van der Waals surface area contributed by atoms with Crippen molar-refractivity contribution in [2.75, 3.05) is 0 Å². The van der Waals surface area contributed by atoms with Crippen LogP contribution in [0.5, 0.6) is 11.5 Å². The van der Waals surface area contributed by atoms with E-state index in [9.17, 15) is 10.2 Å². The molecule has 0 radical (unpaired) electrons. The summed E-state index contributed by atoms with van der Waals surface area (Å²) >= 11 is 0. The molecule has 0 atom stereocenters. The third-order valence-corrected chi connectivity index (χ3v) is 3.17. The standard InChI is InChI=1S/C18H18O2.2C2H6/c1-3-5-13-7-9-17(19)15(11-13)16-12-14(6-4-2)8-10-18(16)20;2*1-2/h3-4,7-12,19-20H,1-2,5-6H2;2*1-2H3. The van der Waals surface area contributed by atoms with Gasteiger partial charge in [-0.3, -0.25) is 0 Å². The maximum Gasteiger partial charge on any atom is 0.123 e. The Morgan fingerprint density at radius 1 is 0.708 bits per heavy atom. The quantitative estimate of drug-likeness (QED) is 0.635. The van der Waals surface area contributed by atoms with E-state index in [1.807, 2.05) is 64.1 Å². The lowest BCUT2D eigenvalue weighted by Gasteiger charge is -2.10. The van der Waals surface area contributed by atoms with E-state index < -0.39 is 0 Å². The van der Waals surface area contributed by atoms with Gasteiger partial charge in [0.15, 0.2) is 0 Å². The van der Waals surface area contributed by atoms with E-state index in [0.717, 1.165) is 24.0 Å². The van der Waals surface area contributed by atoms with Gasteiger partial charge in [0.2, 0.25) is 0 Å². The summed E-state index contributed by atoms with van der Waals surface area (Å²) < 4.78 is 0. The minimum Gasteiger partial charge on any atom is -0.507 e. The molecule has 0 aliphatic rings. The fraction of sp³-hybridized carbons (Fsp3) is 0.273. The van der Waals surface area contributed by atoms with Crippen LogP contribution in [0.1, 0.15) is 38.8 Å². The fourth-order valence-electron chi connectivity index (χ4n) is 2.19. The maximum absolute atomic E-state index is 10.0. The predicted octanol–water partition coefficient (Wildman–Crippen LogP) is 6.27. The van der Waals surface area contributed by atoms with Gasteiger partial charge in [-0.15, -0.1) is 13.2 Å². The second-order valence-electron chi connectivity index (χ2n) is 4.69. The Morgan fingerprint density at radius 3 is 1.33 bits per heavy atom. The molecule has 0 unspecified atom stereocenters. The highest BCUT2D eigenvalue weighted by atomic mass is 16.3. The highest BCUT2D eigenvalue weighted by Gasteiger charge is 2.10. The van der Waals surface area contributed by atoms with Crippen LogP contribution in [-0.4, -0.2) is 10.2 Å². The molecule has 2 N–H and O–H groups in total. The second-order valence-corrected chi connectivity index (χ2v) is 4.69. The third-order valence-electron chi connectivity index (χ3n) is 3.17. The van der Waals surface area contributed by atoms with Gasteiger partial charge in [0.05, 0.1) is 0 Å². The zero-order valence-corrected chi connectivity index (χ0v) is 15.3. The summed E-state index contributed by atoms with van der Waals surface area (Å²) in [7, 11) is 0. The molecule has 0 aliphatic carbocycles. The summed E-state index contributed by atoms with van der Waals surface area (Å²) in [6.45, 7) is 15.4. The van der Waals surface area contributed by atoms with Gasteiger partial charge in [-0.05, 0) is 48.2 Å². The summed E-state index contributed by atoms with van der Waals surface area (Å²) in [6.07, 6.45) is 5.06. The van der Waals surface area contributed by atoms with Crippen LogP contribution >= 0.6 is 0 Å². The predicted molar refractivity (Wildman–Crippen MR) is 106 cm³/mol. The minimum atomic E-state index is 0.156. The van der Waals surface area contributed by atoms with Gasteiger partial charge >= 0.3 is 0 Å². The van der Waals surface area contributed by atoms with Gasteiger partial charge in [0.1, 0.15) is 11.5 Å². The Bertz CT molecular complexity index is 585. The molecule has 0 aromatic heterocycles. The van der Waals surface area contributed by atoms with Crippen LogP contribution in [0, 0.1) is 0 Å². The molecule has 0 amide bonds. The number of allylic oxidation sites excluding steroid dienone is 2. The first kappa shape index (κ1) is 21.5. The highest BCUT2D eigenvalue weighted by Crippen LogP contribution is 2.36. The lowest BCUT2D eigenvalue weighted by atomic mass is 9.97. The molecule has 0 bridgehead atoms. The summed E-state index contributed by atoms with van der Waals surface area (Å²) in [5, 5.41) is 20.1. The van der Waals surface area contributed by atoms with Crippen molar-refractivity contribution in [2.24, 2.45) is 0 Å². The van der Waals surface area contributed by atoms with Gasteiger partial charge < -0.3 is 10.2 Å². The number of aromatic hydroxyl groups is 2. The molecule has 0 saturated carbocycles. The van der Waals surface area contributed by atoms with Gasteiger partial charge in [-0.2, -0.15) is 0 Å². The molecule has 2 aromatic carbocycles. The van der Waals surface area contributed by atoms with Crippen molar-refractivity contribution in [3.63, 3.8) is 0 Å². The number of benzene rings is 2. The zero-order chi connectivity index (χ0) is 18.5. The Labute approximate surface area is 146 Å². The van der Waals surface area contributed by atoms with Crippen molar-refractivity contribution in [1.82, 2.24) is 0 Å². The van der Waals surface area contributed by atoms with Gasteiger partial charge in [-0.25, -0.2) is 0 Å². The molecule has 0 heterocycles. The summed E-state index contributed by atoms with van der Waals surface area (Å²) in [5.74, 6) is 0.313. The first-order valence-corrected chi connectivity index (χ1v) is 8.51. The van der Waals surface area contributed by atoms with Gasteiger partial charge in [-0.1, -0.05) is 52.0 Å². The first-order chi connectivity index (χ1) is 11.7. The van der Waals surface area contributed by atoms with Crippen LogP contribution in [0.4, 0.5) is 0 Å². The monoisotopic (exact) mass is 326 g/mol. The molecule has 0 aliphatic heterocycles. The molecule has 130 valence electrons. The Morgan fingerprint density at radius 2 is 1.04 bits per heavy atom. The largest absolute Gasteiger partial charge is 0.507 e. The zero-order valence-electron chi connectivity index (χ0n) is 15.3. The molecule has 2 rings (SSSR count). The van der Waals surface area contributed by atoms with E-state index in [4.69, 9.17) is 0 Å². The van der Waals surface area contributed by atoms with E-state index in [1.54, 1.807) is 12.1 Å². The third kappa shape index (κ3) is 5.96. The van der Waals surface area contributed by atoms with Crippen molar-refractivity contribution in [3.05, 3.63) is 72.8 Å². The SMILES string of the molecule is C=CCc1ccc(O)c(-c2cc(CC=C)ccc2O)c1.CC.CC. The first-order valence-electron chi connectivity index (χ1n) is 8.51. The molecular weight excluding hydrogens is 296 g/mol. The Balaban J connectivity index is 0.00000123. The van der Waals surface area contributed by atoms with Crippen molar-refractivity contribution in [1.29, 1.82) is 0 Å². The van der Waals surface area contributed by atoms with Crippen LogP contribution in [0.15, 0.2) is 61.7 Å². The van der Waals surface area contributed by atoms with E-state index in [1.165, 1.54) is 0 Å². The van der Waals surface area contributed by atoms with Crippen LogP contribution < -0.4 is 0 Å². The van der Waals surface area contributed by atoms with E-state index >= 15 is 0 Å². The Kier molecular flexibility index (Phi) is 10.8. The molecule has 0 spiro atoms. The topological polar surface area (TPSA) is 40.5 Å². The van der Waals surface area contributed by atoms with Gasteiger partial charge in [0, 0.05) is 11.1 Å². The summed E-state index contributed by atoms with van der Waals surface area (Å²) in [6, 6.07) is 10.8. The average molecular weight is 326 g/mol. The normalized spacial score (nSPS) is 9.00. The molecular formula is C22H30O2. The van der Waals surface area contributed by atoms with Crippen molar-refractivity contribution >= 4 is 0 Å². The Hall–Kier alpha value is -2.48. The average Bonchev–Trinajstić information content (AvgIpc) is 2.62. The van der Waals surface area contributed by atoms with Crippen molar-refractivity contribution in [3.8, 4) is 22.6 Å². The molecule has 2 nitrogen and oxygen atoms in total. The van der Waals surface area contributed by atoms with Crippen molar-refractivity contribution in [2.45, 2.75) is 40.5 Å². The number of phenolic OH excluding ortho intramolecular Hbond substituents is 2. The van der Waals surface area contributed by atoms with Crippen LogP contribution in [-0.2, 0) is 12.8 Å². The number of phenols is 2. The molecule has 0 saturated heterocycles. The maximum atomic E-state index is 10.0. The summed E-state index contributed by atoms with van der Waals surface area (Å²) in [5.41, 5.74) is 3.35. The molecule has 0 fully saturated rings. The van der Waals surface area contributed by atoms with Crippen LogP contribution in [0.3, 0.4) is 0 Å². The van der Waals surface area contributed by atoms with E-state index in [-0.39, 0.29) is 11.5 Å². The lowest BCUT2D eigenvalue weighted by molar-refractivity contribution is 0.469. The van der Waals surface area contributed by atoms with Gasteiger partial charge in [0.25, 0.3) is 0 Å². The molecule has 2 heteroatoms. The second kappa shape index (κ2) is 12.0. The number of hydrogen-bond acceptors (Lipinski definition) is 2. The fourth-order valence-corrected chi connectivity index (χ4v) is 2.19.